The summed E-state index contributed by atoms with van der Waals surface area (Å²) in [6, 6.07) is 4.20. The Morgan fingerprint density at radius 2 is 2.17 bits per heavy atom. The van der Waals surface area contributed by atoms with Gasteiger partial charge in [0.1, 0.15) is 18.1 Å². The van der Waals surface area contributed by atoms with Gasteiger partial charge in [0.25, 0.3) is 5.56 Å². The fraction of sp³-hybridized carbons (Fsp3) is 0.400. The van der Waals surface area contributed by atoms with Crippen LogP contribution in [-0.4, -0.2) is 32.6 Å². The Labute approximate surface area is 166 Å². The molecule has 1 aliphatic rings. The highest BCUT2D eigenvalue weighted by Crippen LogP contribution is 2.36. The maximum absolute atomic E-state index is 14.2. The first-order valence-corrected chi connectivity index (χ1v) is 9.46. The predicted octanol–water partition coefficient (Wildman–Crippen LogP) is 2.26. The van der Waals surface area contributed by atoms with E-state index in [-0.39, 0.29) is 12.1 Å². The highest BCUT2D eigenvalue weighted by molar-refractivity contribution is 5.81. The minimum atomic E-state index is -0.577. The number of fused-ring (bicyclic) bond motifs is 1. The van der Waals surface area contributed by atoms with Crippen molar-refractivity contribution in [2.45, 2.75) is 45.3 Å². The molecule has 8 nitrogen and oxygen atoms in total. The molecule has 29 heavy (non-hydrogen) atoms. The topological polar surface area (TPSA) is 91.0 Å². The van der Waals surface area contributed by atoms with Gasteiger partial charge >= 0.3 is 0 Å². The van der Waals surface area contributed by atoms with Crippen LogP contribution in [0, 0.1) is 12.7 Å². The largest absolute Gasteiger partial charge is 0.497 e. The van der Waals surface area contributed by atoms with Gasteiger partial charge in [-0.3, -0.25) is 14.3 Å². The van der Waals surface area contributed by atoms with Crippen molar-refractivity contribution in [3.63, 3.8) is 0 Å². The summed E-state index contributed by atoms with van der Waals surface area (Å²) in [5, 5.41) is 11.8. The van der Waals surface area contributed by atoms with Gasteiger partial charge in [0.05, 0.1) is 42.0 Å². The van der Waals surface area contributed by atoms with E-state index in [2.05, 4.69) is 15.5 Å². The molecule has 1 N–H and O–H groups in total. The van der Waals surface area contributed by atoms with Gasteiger partial charge in [0.2, 0.25) is 5.91 Å². The molecule has 152 valence electrons. The predicted molar refractivity (Wildman–Crippen MR) is 104 cm³/mol. The SMILES string of the molecule is COc1ccc([C@H](C)NC(=O)Cn2ncc3c(c(C)nn3C3CC3)c2=O)c(F)c1. The molecule has 0 unspecified atom stereocenters. The van der Waals surface area contributed by atoms with Crippen LogP contribution in [0.5, 0.6) is 5.75 Å². The number of rotatable bonds is 6. The van der Waals surface area contributed by atoms with Crippen LogP contribution < -0.4 is 15.6 Å². The lowest BCUT2D eigenvalue weighted by Crippen LogP contribution is -2.35. The molecule has 0 aliphatic heterocycles. The van der Waals surface area contributed by atoms with Crippen LogP contribution in [0.1, 0.15) is 43.1 Å². The summed E-state index contributed by atoms with van der Waals surface area (Å²) in [5.41, 5.74) is 1.30. The number of halogens is 1. The van der Waals surface area contributed by atoms with Crippen LogP contribution in [0.3, 0.4) is 0 Å². The third-order valence-electron chi connectivity index (χ3n) is 5.13. The number of hydrogen-bond acceptors (Lipinski definition) is 5. The van der Waals surface area contributed by atoms with Crippen molar-refractivity contribution in [2.24, 2.45) is 0 Å². The van der Waals surface area contributed by atoms with Crippen molar-refractivity contribution in [2.75, 3.05) is 7.11 Å². The third-order valence-corrected chi connectivity index (χ3v) is 5.13. The minimum Gasteiger partial charge on any atom is -0.497 e. The average molecular weight is 399 g/mol. The number of hydrogen-bond donors (Lipinski definition) is 1. The van der Waals surface area contributed by atoms with Gasteiger partial charge in [-0.05, 0) is 32.8 Å². The Morgan fingerprint density at radius 1 is 1.41 bits per heavy atom. The molecule has 4 rings (SSSR count). The second-order valence-corrected chi connectivity index (χ2v) is 7.31. The van der Waals surface area contributed by atoms with Crippen molar-refractivity contribution in [3.8, 4) is 5.75 Å². The summed E-state index contributed by atoms with van der Waals surface area (Å²) < 4.78 is 22.2. The zero-order valence-electron chi connectivity index (χ0n) is 16.5. The number of nitrogens with one attached hydrogen (secondary N) is 1. The lowest BCUT2D eigenvalue weighted by atomic mass is 10.1. The quantitative estimate of drug-likeness (QED) is 0.687. The van der Waals surface area contributed by atoms with Gasteiger partial charge < -0.3 is 10.1 Å². The summed E-state index contributed by atoms with van der Waals surface area (Å²) in [4.78, 5) is 25.3. The summed E-state index contributed by atoms with van der Waals surface area (Å²) in [6.45, 7) is 3.19. The highest BCUT2D eigenvalue weighted by Gasteiger charge is 2.28. The van der Waals surface area contributed by atoms with Crippen LogP contribution in [0.4, 0.5) is 4.39 Å². The molecule has 1 aliphatic carbocycles. The zero-order valence-corrected chi connectivity index (χ0v) is 16.5. The number of carbonyl (C=O) groups is 1. The Balaban J connectivity index is 1.52. The van der Waals surface area contributed by atoms with E-state index in [1.807, 2.05) is 4.68 Å². The Bertz CT molecular complexity index is 1150. The van der Waals surface area contributed by atoms with Gasteiger partial charge in [0.15, 0.2) is 0 Å². The number of carbonyl (C=O) groups excluding carboxylic acids is 1. The fourth-order valence-corrected chi connectivity index (χ4v) is 3.46. The number of ether oxygens (including phenoxy) is 1. The monoisotopic (exact) mass is 399 g/mol. The molecule has 0 spiro atoms. The Kier molecular flexibility index (Phi) is 4.81. The molecule has 1 fully saturated rings. The van der Waals surface area contributed by atoms with E-state index in [0.717, 1.165) is 17.5 Å². The van der Waals surface area contributed by atoms with Gasteiger partial charge in [-0.15, -0.1) is 0 Å². The average Bonchev–Trinajstić information content (AvgIpc) is 3.47. The van der Waals surface area contributed by atoms with Gasteiger partial charge in [-0.25, -0.2) is 9.07 Å². The standard InChI is InChI=1S/C20H22FN5O3/c1-11(15-7-6-14(29-3)8-16(15)21)23-18(27)10-25-20(28)19-12(2)24-26(13-4-5-13)17(19)9-22-25/h6-9,11,13H,4-5,10H2,1-3H3,(H,23,27)/t11-/m0/s1. The van der Waals surface area contributed by atoms with Crippen molar-refractivity contribution in [3.05, 3.63) is 51.8 Å². The number of aromatic nitrogens is 4. The van der Waals surface area contributed by atoms with Crippen LogP contribution in [-0.2, 0) is 11.3 Å². The first kappa shape index (κ1) is 19.1. The molecule has 2 aromatic heterocycles. The van der Waals surface area contributed by atoms with E-state index < -0.39 is 17.8 Å². The van der Waals surface area contributed by atoms with Gasteiger partial charge in [-0.2, -0.15) is 10.2 Å². The van der Waals surface area contributed by atoms with E-state index >= 15 is 0 Å². The first-order chi connectivity index (χ1) is 13.9. The highest BCUT2D eigenvalue weighted by atomic mass is 19.1. The van der Waals surface area contributed by atoms with Gasteiger partial charge in [0, 0.05) is 11.6 Å². The molecule has 1 aromatic carbocycles. The minimum absolute atomic E-state index is 0.259. The van der Waals surface area contributed by atoms with Crippen molar-refractivity contribution < 1.29 is 13.9 Å². The fourth-order valence-electron chi connectivity index (χ4n) is 3.46. The molecule has 1 amide bonds. The Hall–Kier alpha value is -3.23. The number of nitrogens with zero attached hydrogens (tertiary/aromatic N) is 4. The lowest BCUT2D eigenvalue weighted by Gasteiger charge is -2.16. The van der Waals surface area contributed by atoms with Crippen molar-refractivity contribution in [1.82, 2.24) is 24.9 Å². The lowest BCUT2D eigenvalue weighted by molar-refractivity contribution is -0.122. The molecule has 1 atom stereocenters. The molecular formula is C20H22FN5O3. The van der Waals surface area contributed by atoms with Crippen LogP contribution in [0.25, 0.3) is 10.9 Å². The second-order valence-electron chi connectivity index (χ2n) is 7.31. The van der Waals surface area contributed by atoms with Crippen molar-refractivity contribution >= 4 is 16.8 Å². The van der Waals surface area contributed by atoms with E-state index in [1.165, 1.54) is 13.2 Å². The normalized spacial score (nSPS) is 14.8. The third kappa shape index (κ3) is 3.59. The summed E-state index contributed by atoms with van der Waals surface area (Å²) in [5.74, 6) is -0.512. The molecule has 0 saturated heterocycles. The summed E-state index contributed by atoms with van der Waals surface area (Å²) >= 11 is 0. The number of benzene rings is 1. The summed E-state index contributed by atoms with van der Waals surface area (Å²) in [6.07, 6.45) is 3.66. The number of methoxy groups -OCH3 is 1. The molecule has 1 saturated carbocycles. The van der Waals surface area contributed by atoms with E-state index in [9.17, 15) is 14.0 Å². The second kappa shape index (κ2) is 7.31. The number of aryl methyl sites for hydroxylation is 1. The zero-order chi connectivity index (χ0) is 20.7. The molecule has 3 aromatic rings. The van der Waals surface area contributed by atoms with Crippen molar-refractivity contribution in [1.29, 1.82) is 0 Å². The molecule has 0 bridgehead atoms. The van der Waals surface area contributed by atoms with Crippen LogP contribution >= 0.6 is 0 Å². The van der Waals surface area contributed by atoms with E-state index in [1.54, 1.807) is 32.2 Å². The molecule has 2 heterocycles. The number of amides is 1. The summed E-state index contributed by atoms with van der Waals surface area (Å²) in [7, 11) is 1.46. The first-order valence-electron chi connectivity index (χ1n) is 9.46. The smallest absolute Gasteiger partial charge is 0.278 e. The van der Waals surface area contributed by atoms with E-state index in [4.69, 9.17) is 4.74 Å². The molecule has 0 radical (unpaired) electrons. The van der Waals surface area contributed by atoms with Gasteiger partial charge in [-0.1, -0.05) is 6.07 Å². The van der Waals surface area contributed by atoms with E-state index in [0.29, 0.717) is 34.0 Å². The molecular weight excluding hydrogens is 377 g/mol. The maximum atomic E-state index is 14.2. The Morgan fingerprint density at radius 3 is 2.83 bits per heavy atom. The molecule has 9 heteroatoms. The maximum Gasteiger partial charge on any atom is 0.278 e. The van der Waals surface area contributed by atoms with Crippen LogP contribution in [0.15, 0.2) is 29.2 Å². The van der Waals surface area contributed by atoms with Crippen LogP contribution in [0.2, 0.25) is 0 Å².